The third-order valence-electron chi connectivity index (χ3n) is 4.33. The molecule has 0 saturated carbocycles. The molecular weight excluding hydrogens is 330 g/mol. The SMILES string of the molecule is COc1cc2nc(C)nc(NC(C)c3cc4ccccc4o3)c2cc1O. The van der Waals surface area contributed by atoms with Crippen molar-refractivity contribution in [2.45, 2.75) is 19.9 Å². The van der Waals surface area contributed by atoms with Crippen LogP contribution in [0.5, 0.6) is 11.5 Å². The number of furan rings is 1. The van der Waals surface area contributed by atoms with Gasteiger partial charge in [-0.2, -0.15) is 0 Å². The maximum Gasteiger partial charge on any atom is 0.162 e. The number of phenolic OH excluding ortho intramolecular Hbond substituents is 1. The van der Waals surface area contributed by atoms with Crippen molar-refractivity contribution >= 4 is 27.7 Å². The molecule has 0 saturated heterocycles. The molecule has 0 fully saturated rings. The first-order valence-electron chi connectivity index (χ1n) is 8.35. The van der Waals surface area contributed by atoms with E-state index in [0.29, 0.717) is 22.9 Å². The van der Waals surface area contributed by atoms with E-state index in [9.17, 15) is 5.11 Å². The van der Waals surface area contributed by atoms with Gasteiger partial charge in [0.1, 0.15) is 23.0 Å². The number of fused-ring (bicyclic) bond motifs is 2. The maximum atomic E-state index is 10.1. The minimum atomic E-state index is -0.107. The summed E-state index contributed by atoms with van der Waals surface area (Å²) >= 11 is 0. The van der Waals surface area contributed by atoms with Crippen LogP contribution in [-0.2, 0) is 0 Å². The summed E-state index contributed by atoms with van der Waals surface area (Å²) in [6, 6.07) is 13.1. The molecule has 26 heavy (non-hydrogen) atoms. The number of rotatable bonds is 4. The summed E-state index contributed by atoms with van der Waals surface area (Å²) in [5, 5.41) is 15.3. The highest BCUT2D eigenvalue weighted by Crippen LogP contribution is 2.34. The fraction of sp³-hybridized carbons (Fsp3) is 0.200. The van der Waals surface area contributed by atoms with E-state index in [0.717, 1.165) is 22.1 Å². The highest BCUT2D eigenvalue weighted by atomic mass is 16.5. The molecule has 0 bridgehead atoms. The van der Waals surface area contributed by atoms with Crippen molar-refractivity contribution < 1.29 is 14.3 Å². The lowest BCUT2D eigenvalue weighted by Gasteiger charge is -2.15. The Bertz CT molecular complexity index is 1070. The Morgan fingerprint density at radius 2 is 1.96 bits per heavy atom. The average Bonchev–Trinajstić information content (AvgIpc) is 3.06. The van der Waals surface area contributed by atoms with Crippen LogP contribution in [-0.4, -0.2) is 22.2 Å². The van der Waals surface area contributed by atoms with E-state index in [4.69, 9.17) is 9.15 Å². The number of nitrogens with zero attached hydrogens (tertiary/aromatic N) is 2. The number of nitrogens with one attached hydrogen (secondary N) is 1. The molecule has 2 heterocycles. The van der Waals surface area contributed by atoms with Crippen molar-refractivity contribution in [2.75, 3.05) is 12.4 Å². The molecule has 2 aromatic heterocycles. The zero-order valence-electron chi connectivity index (χ0n) is 14.8. The summed E-state index contributed by atoms with van der Waals surface area (Å²) in [6.07, 6.45) is 0. The number of ether oxygens (including phenoxy) is 1. The van der Waals surface area contributed by atoms with Gasteiger partial charge in [0, 0.05) is 16.8 Å². The van der Waals surface area contributed by atoms with E-state index in [1.807, 2.05) is 44.2 Å². The molecule has 4 rings (SSSR count). The van der Waals surface area contributed by atoms with Gasteiger partial charge in [-0.1, -0.05) is 18.2 Å². The lowest BCUT2D eigenvalue weighted by atomic mass is 10.1. The number of anilines is 1. The van der Waals surface area contributed by atoms with Crippen molar-refractivity contribution in [3.8, 4) is 11.5 Å². The van der Waals surface area contributed by atoms with Crippen LogP contribution in [0.1, 0.15) is 24.6 Å². The Labute approximate surface area is 150 Å². The minimum absolute atomic E-state index is 0.0480. The van der Waals surface area contributed by atoms with E-state index in [1.54, 1.807) is 12.1 Å². The van der Waals surface area contributed by atoms with Gasteiger partial charge in [0.25, 0.3) is 0 Å². The van der Waals surface area contributed by atoms with E-state index >= 15 is 0 Å². The van der Waals surface area contributed by atoms with Gasteiger partial charge in [-0.05, 0) is 32.0 Å². The molecule has 6 heteroatoms. The second-order valence-corrected chi connectivity index (χ2v) is 6.21. The highest BCUT2D eigenvalue weighted by molar-refractivity contribution is 5.92. The molecule has 1 unspecified atom stereocenters. The lowest BCUT2D eigenvalue weighted by molar-refractivity contribution is 0.374. The molecule has 2 N–H and O–H groups in total. The molecule has 0 aliphatic heterocycles. The van der Waals surface area contributed by atoms with Gasteiger partial charge in [-0.25, -0.2) is 9.97 Å². The second kappa shape index (κ2) is 6.22. The first-order valence-corrected chi connectivity index (χ1v) is 8.35. The van der Waals surface area contributed by atoms with Gasteiger partial charge >= 0.3 is 0 Å². The Kier molecular flexibility index (Phi) is 3.88. The van der Waals surface area contributed by atoms with E-state index in [2.05, 4.69) is 15.3 Å². The molecule has 1 atom stereocenters. The zero-order valence-corrected chi connectivity index (χ0v) is 14.8. The van der Waals surface area contributed by atoms with Gasteiger partial charge in [0.15, 0.2) is 11.5 Å². The first-order chi connectivity index (χ1) is 12.5. The monoisotopic (exact) mass is 349 g/mol. The number of para-hydroxylation sites is 1. The van der Waals surface area contributed by atoms with Crippen LogP contribution >= 0.6 is 0 Å². The number of aryl methyl sites for hydroxylation is 1. The zero-order chi connectivity index (χ0) is 18.3. The van der Waals surface area contributed by atoms with Crippen LogP contribution in [0.3, 0.4) is 0 Å². The van der Waals surface area contributed by atoms with Crippen molar-refractivity contribution in [2.24, 2.45) is 0 Å². The third-order valence-corrected chi connectivity index (χ3v) is 4.33. The molecule has 0 aliphatic rings. The van der Waals surface area contributed by atoms with Crippen LogP contribution in [0.15, 0.2) is 46.9 Å². The summed E-state index contributed by atoms with van der Waals surface area (Å²) in [7, 11) is 1.51. The summed E-state index contributed by atoms with van der Waals surface area (Å²) < 4.78 is 11.1. The quantitative estimate of drug-likeness (QED) is 0.562. The predicted molar refractivity (Wildman–Crippen MR) is 101 cm³/mol. The molecule has 0 radical (unpaired) electrons. The number of hydrogen-bond acceptors (Lipinski definition) is 6. The van der Waals surface area contributed by atoms with Crippen molar-refractivity contribution in [1.82, 2.24) is 9.97 Å². The van der Waals surface area contributed by atoms with Crippen LogP contribution in [0, 0.1) is 6.92 Å². The highest BCUT2D eigenvalue weighted by Gasteiger charge is 2.16. The molecule has 132 valence electrons. The predicted octanol–water partition coefficient (Wildman–Crippen LogP) is 4.57. The van der Waals surface area contributed by atoms with E-state index in [1.165, 1.54) is 7.11 Å². The minimum Gasteiger partial charge on any atom is -0.504 e. The molecule has 2 aromatic carbocycles. The molecule has 6 nitrogen and oxygen atoms in total. The molecule has 0 amide bonds. The molecule has 0 spiro atoms. The maximum absolute atomic E-state index is 10.1. The third kappa shape index (κ3) is 2.79. The number of hydrogen-bond donors (Lipinski definition) is 2. The van der Waals surface area contributed by atoms with Gasteiger partial charge in [-0.15, -0.1) is 0 Å². The number of aromatic hydroxyl groups is 1. The van der Waals surface area contributed by atoms with Crippen LogP contribution in [0.4, 0.5) is 5.82 Å². The van der Waals surface area contributed by atoms with Crippen LogP contribution in [0.2, 0.25) is 0 Å². The second-order valence-electron chi connectivity index (χ2n) is 6.21. The first kappa shape index (κ1) is 16.2. The van der Waals surface area contributed by atoms with Crippen LogP contribution < -0.4 is 10.1 Å². The van der Waals surface area contributed by atoms with E-state index in [-0.39, 0.29) is 11.8 Å². The number of phenols is 1. The van der Waals surface area contributed by atoms with Gasteiger partial charge < -0.3 is 19.6 Å². The summed E-state index contributed by atoms with van der Waals surface area (Å²) in [6.45, 7) is 3.83. The van der Waals surface area contributed by atoms with Crippen molar-refractivity contribution in [3.05, 3.63) is 54.0 Å². The van der Waals surface area contributed by atoms with Gasteiger partial charge in [0.05, 0.1) is 18.7 Å². The van der Waals surface area contributed by atoms with Crippen molar-refractivity contribution in [3.63, 3.8) is 0 Å². The number of methoxy groups -OCH3 is 1. The van der Waals surface area contributed by atoms with Crippen LogP contribution in [0.25, 0.3) is 21.9 Å². The average molecular weight is 349 g/mol. The summed E-state index contributed by atoms with van der Waals surface area (Å²) in [5.41, 5.74) is 1.55. The molecule has 0 aliphatic carbocycles. The smallest absolute Gasteiger partial charge is 0.162 e. The number of aromatic nitrogens is 2. The fourth-order valence-corrected chi connectivity index (χ4v) is 3.03. The topological polar surface area (TPSA) is 80.4 Å². The normalized spacial score (nSPS) is 12.4. The Hall–Kier alpha value is -3.28. The van der Waals surface area contributed by atoms with Gasteiger partial charge in [-0.3, -0.25) is 0 Å². The fourth-order valence-electron chi connectivity index (χ4n) is 3.03. The summed E-state index contributed by atoms with van der Waals surface area (Å²) in [5.74, 6) is 2.51. The standard InChI is InChI=1S/C20H19N3O3/c1-11(18-8-13-6-4-5-7-17(13)26-18)21-20-14-9-16(24)19(25-3)10-15(14)22-12(2)23-20/h4-11,24H,1-3H3,(H,21,22,23). The molecule has 4 aromatic rings. The lowest BCUT2D eigenvalue weighted by Crippen LogP contribution is -2.09. The van der Waals surface area contributed by atoms with Crippen molar-refractivity contribution in [1.29, 1.82) is 0 Å². The van der Waals surface area contributed by atoms with Gasteiger partial charge in [0.2, 0.25) is 0 Å². The Balaban J connectivity index is 1.74. The van der Waals surface area contributed by atoms with E-state index < -0.39 is 0 Å². The number of benzene rings is 2. The summed E-state index contributed by atoms with van der Waals surface area (Å²) in [4.78, 5) is 8.94. The Morgan fingerprint density at radius 3 is 2.73 bits per heavy atom. The largest absolute Gasteiger partial charge is 0.504 e. The molecular formula is C20H19N3O3. The Morgan fingerprint density at radius 1 is 1.15 bits per heavy atom.